The van der Waals surface area contributed by atoms with Crippen LogP contribution in [0.25, 0.3) is 0 Å². The first-order chi connectivity index (χ1) is 11.3. The topological polar surface area (TPSA) is 41.6 Å². The molecule has 4 nitrogen and oxygen atoms in total. The number of nitrogens with one attached hydrogen (secondary N) is 1. The standard InChI is InChI=1S/C18H22N2O2S.ClH/c1-22-15-8-6-14(7-9-15)18(21)19-13-16(17-5-4-12-23-17)20-10-2-3-11-20;/h4-9,12,16H,2-3,10-11,13H2,1H3,(H,19,21);1H. The largest absolute Gasteiger partial charge is 0.497 e. The van der Waals surface area contributed by atoms with E-state index in [1.165, 1.54) is 17.7 Å². The van der Waals surface area contributed by atoms with Gasteiger partial charge in [0.25, 0.3) is 5.91 Å². The maximum absolute atomic E-state index is 12.4. The molecule has 1 aromatic heterocycles. The fraction of sp³-hybridized carbons (Fsp3) is 0.389. The molecule has 24 heavy (non-hydrogen) atoms. The number of thiophene rings is 1. The summed E-state index contributed by atoms with van der Waals surface area (Å²) in [5, 5.41) is 5.19. The van der Waals surface area contributed by atoms with Crippen LogP contribution in [0, 0.1) is 0 Å². The molecule has 1 saturated heterocycles. The van der Waals surface area contributed by atoms with E-state index < -0.39 is 0 Å². The molecule has 130 valence electrons. The first-order valence-corrected chi connectivity index (χ1v) is 8.85. The molecular formula is C18H23ClN2O2S. The first kappa shape index (κ1) is 18.8. The highest BCUT2D eigenvalue weighted by Gasteiger charge is 2.24. The fourth-order valence-corrected chi connectivity index (χ4v) is 3.84. The Kier molecular flexibility index (Phi) is 7.09. The Labute approximate surface area is 153 Å². The van der Waals surface area contributed by atoms with Crippen molar-refractivity contribution in [2.45, 2.75) is 18.9 Å². The number of ether oxygens (including phenoxy) is 1. The lowest BCUT2D eigenvalue weighted by Crippen LogP contribution is -2.36. The van der Waals surface area contributed by atoms with Crippen molar-refractivity contribution in [1.29, 1.82) is 0 Å². The van der Waals surface area contributed by atoms with E-state index >= 15 is 0 Å². The van der Waals surface area contributed by atoms with Crippen LogP contribution in [0.4, 0.5) is 0 Å². The summed E-state index contributed by atoms with van der Waals surface area (Å²) in [4.78, 5) is 16.2. The van der Waals surface area contributed by atoms with Gasteiger partial charge in [-0.1, -0.05) is 6.07 Å². The predicted octanol–water partition coefficient (Wildman–Crippen LogP) is 3.75. The van der Waals surface area contributed by atoms with Gasteiger partial charge in [-0.25, -0.2) is 0 Å². The number of amides is 1. The molecule has 0 spiro atoms. The highest BCUT2D eigenvalue weighted by Crippen LogP contribution is 2.27. The lowest BCUT2D eigenvalue weighted by molar-refractivity contribution is 0.0938. The second-order valence-electron chi connectivity index (χ2n) is 5.71. The highest BCUT2D eigenvalue weighted by molar-refractivity contribution is 7.10. The molecule has 1 aliphatic heterocycles. The van der Waals surface area contributed by atoms with Gasteiger partial charge in [-0.2, -0.15) is 0 Å². The summed E-state index contributed by atoms with van der Waals surface area (Å²) in [6.07, 6.45) is 2.49. The van der Waals surface area contributed by atoms with E-state index in [1.807, 2.05) is 12.1 Å². The van der Waals surface area contributed by atoms with Gasteiger partial charge in [0.2, 0.25) is 0 Å². The van der Waals surface area contributed by atoms with Crippen molar-refractivity contribution in [3.05, 3.63) is 52.2 Å². The Hall–Kier alpha value is -1.56. The van der Waals surface area contributed by atoms with Gasteiger partial charge in [0, 0.05) is 17.0 Å². The molecule has 1 aliphatic rings. The Balaban J connectivity index is 0.00000208. The first-order valence-electron chi connectivity index (χ1n) is 7.97. The second-order valence-corrected chi connectivity index (χ2v) is 6.69. The van der Waals surface area contributed by atoms with E-state index in [2.05, 4.69) is 27.7 Å². The van der Waals surface area contributed by atoms with Gasteiger partial charge in [-0.05, 0) is 61.6 Å². The molecule has 1 unspecified atom stereocenters. The van der Waals surface area contributed by atoms with Crippen molar-refractivity contribution < 1.29 is 9.53 Å². The van der Waals surface area contributed by atoms with Crippen LogP contribution in [0.15, 0.2) is 41.8 Å². The summed E-state index contributed by atoms with van der Waals surface area (Å²) in [6.45, 7) is 2.87. The Morgan fingerprint density at radius 2 is 1.96 bits per heavy atom. The quantitative estimate of drug-likeness (QED) is 0.846. The van der Waals surface area contributed by atoms with E-state index in [1.54, 1.807) is 30.6 Å². The maximum Gasteiger partial charge on any atom is 0.251 e. The summed E-state index contributed by atoms with van der Waals surface area (Å²) in [5.41, 5.74) is 0.664. The zero-order valence-electron chi connectivity index (χ0n) is 13.7. The molecule has 2 heterocycles. The SMILES string of the molecule is COc1ccc(C(=O)NCC(c2cccs2)N2CCCC2)cc1.Cl. The summed E-state index contributed by atoms with van der Waals surface area (Å²) in [7, 11) is 1.62. The van der Waals surface area contributed by atoms with E-state index in [9.17, 15) is 4.79 Å². The lowest BCUT2D eigenvalue weighted by atomic mass is 10.1. The Bertz CT molecular complexity index is 625. The van der Waals surface area contributed by atoms with E-state index in [4.69, 9.17) is 4.74 Å². The molecular weight excluding hydrogens is 344 g/mol. The molecule has 0 bridgehead atoms. The molecule has 3 rings (SSSR count). The van der Waals surface area contributed by atoms with Crippen LogP contribution >= 0.6 is 23.7 Å². The van der Waals surface area contributed by atoms with Crippen molar-refractivity contribution in [2.24, 2.45) is 0 Å². The average molecular weight is 367 g/mol. The summed E-state index contributed by atoms with van der Waals surface area (Å²) < 4.78 is 5.13. The highest BCUT2D eigenvalue weighted by atomic mass is 35.5. The number of methoxy groups -OCH3 is 1. The van der Waals surface area contributed by atoms with Crippen LogP contribution in [0.3, 0.4) is 0 Å². The number of hydrogen-bond donors (Lipinski definition) is 1. The molecule has 1 fully saturated rings. The maximum atomic E-state index is 12.4. The van der Waals surface area contributed by atoms with Crippen LogP contribution in [0.1, 0.15) is 34.1 Å². The molecule has 0 radical (unpaired) electrons. The number of halogens is 1. The van der Waals surface area contributed by atoms with Crippen LogP contribution in [0.5, 0.6) is 5.75 Å². The van der Waals surface area contributed by atoms with Crippen LogP contribution in [-0.2, 0) is 0 Å². The van der Waals surface area contributed by atoms with Gasteiger partial charge in [0.05, 0.1) is 13.2 Å². The minimum Gasteiger partial charge on any atom is -0.497 e. The van der Waals surface area contributed by atoms with Crippen molar-refractivity contribution in [1.82, 2.24) is 10.2 Å². The molecule has 0 aliphatic carbocycles. The van der Waals surface area contributed by atoms with E-state index in [0.29, 0.717) is 12.1 Å². The van der Waals surface area contributed by atoms with E-state index in [-0.39, 0.29) is 24.4 Å². The number of carbonyl (C=O) groups excluding carboxylic acids is 1. The number of rotatable bonds is 6. The summed E-state index contributed by atoms with van der Waals surface area (Å²) in [5.74, 6) is 0.725. The summed E-state index contributed by atoms with van der Waals surface area (Å²) in [6, 6.07) is 11.7. The van der Waals surface area contributed by atoms with Crippen molar-refractivity contribution in [3.63, 3.8) is 0 Å². The Morgan fingerprint density at radius 3 is 2.54 bits per heavy atom. The zero-order chi connectivity index (χ0) is 16.1. The van der Waals surface area contributed by atoms with Gasteiger partial charge < -0.3 is 10.1 Å². The van der Waals surface area contributed by atoms with Gasteiger partial charge in [-0.3, -0.25) is 9.69 Å². The van der Waals surface area contributed by atoms with Crippen molar-refractivity contribution in [3.8, 4) is 5.75 Å². The molecule has 1 atom stereocenters. The van der Waals surface area contributed by atoms with Gasteiger partial charge in [-0.15, -0.1) is 23.7 Å². The van der Waals surface area contributed by atoms with Gasteiger partial charge in [0.1, 0.15) is 5.75 Å². The van der Waals surface area contributed by atoms with Crippen LogP contribution in [-0.4, -0.2) is 37.6 Å². The molecule has 2 aromatic rings. The van der Waals surface area contributed by atoms with Crippen LogP contribution < -0.4 is 10.1 Å². The monoisotopic (exact) mass is 366 g/mol. The zero-order valence-corrected chi connectivity index (χ0v) is 15.4. The fourth-order valence-electron chi connectivity index (χ4n) is 2.98. The number of benzene rings is 1. The van der Waals surface area contributed by atoms with Crippen molar-refractivity contribution in [2.75, 3.05) is 26.7 Å². The number of hydrogen-bond acceptors (Lipinski definition) is 4. The second kappa shape index (κ2) is 9.06. The lowest BCUT2D eigenvalue weighted by Gasteiger charge is -2.26. The third-order valence-corrected chi connectivity index (χ3v) is 5.23. The number of carbonyl (C=O) groups is 1. The van der Waals surface area contributed by atoms with E-state index in [0.717, 1.165) is 18.8 Å². The third kappa shape index (κ3) is 4.50. The Morgan fingerprint density at radius 1 is 1.25 bits per heavy atom. The predicted molar refractivity (Wildman–Crippen MR) is 100 cm³/mol. The summed E-state index contributed by atoms with van der Waals surface area (Å²) >= 11 is 1.76. The third-order valence-electron chi connectivity index (χ3n) is 4.26. The molecule has 0 saturated carbocycles. The van der Waals surface area contributed by atoms with Gasteiger partial charge >= 0.3 is 0 Å². The minimum atomic E-state index is -0.0339. The molecule has 1 N–H and O–H groups in total. The molecule has 1 aromatic carbocycles. The normalized spacial score (nSPS) is 15.5. The van der Waals surface area contributed by atoms with Gasteiger partial charge in [0.15, 0.2) is 0 Å². The van der Waals surface area contributed by atoms with Crippen LogP contribution in [0.2, 0.25) is 0 Å². The molecule has 6 heteroatoms. The number of likely N-dealkylation sites (tertiary alicyclic amines) is 1. The average Bonchev–Trinajstić information content (AvgIpc) is 3.29. The molecule has 1 amide bonds. The minimum absolute atomic E-state index is 0. The van der Waals surface area contributed by atoms with Crippen molar-refractivity contribution >= 4 is 29.7 Å². The number of nitrogens with zero attached hydrogens (tertiary/aromatic N) is 1. The smallest absolute Gasteiger partial charge is 0.251 e.